The van der Waals surface area contributed by atoms with Gasteiger partial charge in [0.1, 0.15) is 9.71 Å². The van der Waals surface area contributed by atoms with Crippen LogP contribution < -0.4 is 11.1 Å². The first-order valence-corrected chi connectivity index (χ1v) is 12.6. The van der Waals surface area contributed by atoms with Crippen LogP contribution in [0.25, 0.3) is 31.9 Å². The Morgan fingerprint density at radius 3 is 2.64 bits per heavy atom. The highest BCUT2D eigenvalue weighted by molar-refractivity contribution is 7.21. The number of nitrogen functional groups attached to an aromatic ring is 1. The highest BCUT2D eigenvalue weighted by Crippen LogP contribution is 2.47. The van der Waals surface area contributed by atoms with Gasteiger partial charge in [0, 0.05) is 32.1 Å². The molecule has 0 radical (unpaired) electrons. The van der Waals surface area contributed by atoms with Gasteiger partial charge < -0.3 is 11.1 Å². The van der Waals surface area contributed by atoms with Crippen LogP contribution in [-0.4, -0.2) is 10.9 Å². The number of fused-ring (bicyclic) bond motifs is 4. The number of nitrogens with two attached hydrogens (primary N) is 1. The molecule has 6 rings (SSSR count). The second-order valence-electron chi connectivity index (χ2n) is 7.93. The van der Waals surface area contributed by atoms with Gasteiger partial charge in [0.25, 0.3) is 5.91 Å². The maximum absolute atomic E-state index is 13.2. The van der Waals surface area contributed by atoms with Gasteiger partial charge in [-0.25, -0.2) is 4.98 Å². The molecule has 0 bridgehead atoms. The molecule has 1 aliphatic rings. The number of carbonyl (C=O) groups is 1. The van der Waals surface area contributed by atoms with Gasteiger partial charge >= 0.3 is 0 Å². The third kappa shape index (κ3) is 3.42. The fourth-order valence-electron chi connectivity index (χ4n) is 4.47. The molecule has 7 heteroatoms. The lowest BCUT2D eigenvalue weighted by molar-refractivity contribution is 0.103. The first-order valence-electron chi connectivity index (χ1n) is 10.5. The van der Waals surface area contributed by atoms with Gasteiger partial charge in [-0.05, 0) is 59.7 Å². The number of anilines is 2. The third-order valence-corrected chi connectivity index (χ3v) is 8.21. The molecule has 5 aromatic rings. The number of hydrogen-bond donors (Lipinski definition) is 2. The second-order valence-corrected chi connectivity index (χ2v) is 10.3. The van der Waals surface area contributed by atoms with Crippen molar-refractivity contribution in [3.05, 3.63) is 87.1 Å². The number of nitrogens with zero attached hydrogens (tertiary/aromatic N) is 1. The van der Waals surface area contributed by atoms with Crippen LogP contribution in [0.5, 0.6) is 0 Å². The monoisotopic (exact) mass is 487 g/mol. The van der Waals surface area contributed by atoms with E-state index in [-0.39, 0.29) is 5.91 Å². The van der Waals surface area contributed by atoms with Crippen LogP contribution in [0.1, 0.15) is 20.8 Å². The predicted molar refractivity (Wildman–Crippen MR) is 140 cm³/mol. The number of carbonyl (C=O) groups excluding carboxylic acids is 1. The van der Waals surface area contributed by atoms with Crippen LogP contribution in [0.4, 0.5) is 11.4 Å². The Bertz CT molecular complexity index is 1520. The minimum atomic E-state index is -0.242. The summed E-state index contributed by atoms with van der Waals surface area (Å²) >= 11 is 9.00. The third-order valence-electron chi connectivity index (χ3n) is 5.97. The van der Waals surface area contributed by atoms with Gasteiger partial charge in [-0.15, -0.1) is 22.7 Å². The molecule has 33 heavy (non-hydrogen) atoms. The van der Waals surface area contributed by atoms with Crippen molar-refractivity contribution in [1.29, 1.82) is 0 Å². The number of pyridine rings is 1. The largest absolute Gasteiger partial charge is 0.397 e. The summed E-state index contributed by atoms with van der Waals surface area (Å²) in [6, 6.07) is 19.6. The topological polar surface area (TPSA) is 68.0 Å². The summed E-state index contributed by atoms with van der Waals surface area (Å²) in [5.41, 5.74) is 13.6. The highest BCUT2D eigenvalue weighted by atomic mass is 35.5. The number of aromatic nitrogens is 1. The van der Waals surface area contributed by atoms with Crippen LogP contribution in [-0.2, 0) is 12.8 Å². The molecule has 1 aliphatic carbocycles. The number of amides is 1. The summed E-state index contributed by atoms with van der Waals surface area (Å²) in [5.74, 6) is -0.242. The number of nitrogens with one attached hydrogen (secondary N) is 1. The van der Waals surface area contributed by atoms with E-state index in [1.54, 1.807) is 35.6 Å². The average Bonchev–Trinajstić information content (AvgIpc) is 3.47. The lowest BCUT2D eigenvalue weighted by Gasteiger charge is -2.22. The predicted octanol–water partition coefficient (Wildman–Crippen LogP) is 7.28. The fourth-order valence-corrected chi connectivity index (χ4v) is 6.40. The van der Waals surface area contributed by atoms with E-state index in [1.165, 1.54) is 22.5 Å². The van der Waals surface area contributed by atoms with E-state index in [1.807, 2.05) is 6.07 Å². The van der Waals surface area contributed by atoms with Crippen LogP contribution >= 0.6 is 34.3 Å². The van der Waals surface area contributed by atoms with Crippen molar-refractivity contribution in [2.24, 2.45) is 0 Å². The van der Waals surface area contributed by atoms with Crippen LogP contribution in [0, 0.1) is 0 Å². The fraction of sp³-hybridized carbons (Fsp3) is 0.0769. The average molecular weight is 488 g/mol. The molecule has 0 spiro atoms. The molecule has 2 aromatic carbocycles. The molecule has 1 amide bonds. The Balaban J connectivity index is 1.56. The van der Waals surface area contributed by atoms with E-state index in [0.717, 1.165) is 44.8 Å². The van der Waals surface area contributed by atoms with Crippen molar-refractivity contribution in [1.82, 2.24) is 4.98 Å². The Labute approximate surface area is 203 Å². The highest BCUT2D eigenvalue weighted by Gasteiger charge is 2.28. The van der Waals surface area contributed by atoms with Crippen molar-refractivity contribution in [3.8, 4) is 21.7 Å². The van der Waals surface area contributed by atoms with Gasteiger partial charge in [0.05, 0.1) is 11.4 Å². The Morgan fingerprint density at radius 2 is 1.85 bits per heavy atom. The molecule has 0 saturated carbocycles. The van der Waals surface area contributed by atoms with Crippen molar-refractivity contribution in [3.63, 3.8) is 0 Å². The first-order chi connectivity index (χ1) is 16.1. The Kier molecular flexibility index (Phi) is 4.94. The van der Waals surface area contributed by atoms with E-state index in [4.69, 9.17) is 22.3 Å². The SMILES string of the molecule is Nc1c(C(=O)Nc2ccc(Cl)cc2)sc2nc3c(c(-c4cccs4)c12)CCc1ccccc1-3. The van der Waals surface area contributed by atoms with Crippen LogP contribution in [0.2, 0.25) is 5.02 Å². The normalized spacial score (nSPS) is 12.4. The summed E-state index contributed by atoms with van der Waals surface area (Å²) in [6.07, 6.45) is 1.85. The Hall–Kier alpha value is -3.19. The maximum Gasteiger partial charge on any atom is 0.267 e. The molecule has 0 atom stereocenters. The number of aryl methyl sites for hydroxylation is 1. The maximum atomic E-state index is 13.2. The van der Waals surface area contributed by atoms with E-state index in [0.29, 0.717) is 21.3 Å². The molecule has 3 N–H and O–H groups in total. The molecule has 3 heterocycles. The minimum Gasteiger partial charge on any atom is -0.397 e. The van der Waals surface area contributed by atoms with E-state index < -0.39 is 0 Å². The molecule has 0 fully saturated rings. The minimum absolute atomic E-state index is 0.242. The first kappa shape index (κ1) is 20.4. The summed E-state index contributed by atoms with van der Waals surface area (Å²) < 4.78 is 0. The number of rotatable bonds is 3. The van der Waals surface area contributed by atoms with Crippen LogP contribution in [0.15, 0.2) is 66.0 Å². The van der Waals surface area contributed by atoms with Crippen molar-refractivity contribution < 1.29 is 4.79 Å². The standard InChI is InChI=1S/C26H18ClN3OS2/c27-15-8-10-16(11-9-15)29-25(31)24-22(28)21-20(19-6-3-13-32-19)18-12-7-14-4-1-2-5-17(14)23(18)30-26(21)33-24/h1-6,8-11,13H,7,12,28H2,(H,29,31). The number of hydrogen-bond acceptors (Lipinski definition) is 5. The summed E-state index contributed by atoms with van der Waals surface area (Å²) in [6.45, 7) is 0. The van der Waals surface area contributed by atoms with Gasteiger partial charge in [-0.1, -0.05) is 41.9 Å². The molecular formula is C26H18ClN3OS2. The van der Waals surface area contributed by atoms with Crippen molar-refractivity contribution in [2.75, 3.05) is 11.1 Å². The lowest BCUT2D eigenvalue weighted by atomic mass is 9.85. The number of benzene rings is 2. The van der Waals surface area contributed by atoms with E-state index in [9.17, 15) is 4.79 Å². The van der Waals surface area contributed by atoms with Crippen molar-refractivity contribution >= 4 is 61.8 Å². The van der Waals surface area contributed by atoms with Gasteiger partial charge in [-0.3, -0.25) is 4.79 Å². The molecule has 0 aliphatic heterocycles. The molecule has 0 unspecified atom stereocenters. The zero-order valence-electron chi connectivity index (χ0n) is 17.4. The summed E-state index contributed by atoms with van der Waals surface area (Å²) in [7, 11) is 0. The summed E-state index contributed by atoms with van der Waals surface area (Å²) in [4.78, 5) is 20.6. The van der Waals surface area contributed by atoms with E-state index in [2.05, 4.69) is 41.0 Å². The zero-order chi connectivity index (χ0) is 22.5. The van der Waals surface area contributed by atoms with Gasteiger partial charge in [0.2, 0.25) is 0 Å². The smallest absolute Gasteiger partial charge is 0.267 e. The molecular weight excluding hydrogens is 470 g/mol. The molecule has 3 aromatic heterocycles. The van der Waals surface area contributed by atoms with Gasteiger partial charge in [-0.2, -0.15) is 0 Å². The molecule has 162 valence electrons. The number of thiophene rings is 2. The van der Waals surface area contributed by atoms with Crippen molar-refractivity contribution in [2.45, 2.75) is 12.8 Å². The number of halogens is 1. The molecule has 4 nitrogen and oxygen atoms in total. The summed E-state index contributed by atoms with van der Waals surface area (Å²) in [5, 5.41) is 6.50. The van der Waals surface area contributed by atoms with Gasteiger partial charge in [0.15, 0.2) is 0 Å². The Morgan fingerprint density at radius 1 is 1.03 bits per heavy atom. The lowest BCUT2D eigenvalue weighted by Crippen LogP contribution is -2.12. The zero-order valence-corrected chi connectivity index (χ0v) is 19.8. The second kappa shape index (κ2) is 7.99. The molecule has 0 saturated heterocycles. The van der Waals surface area contributed by atoms with E-state index >= 15 is 0 Å². The van der Waals surface area contributed by atoms with Crippen LogP contribution in [0.3, 0.4) is 0 Å². The quantitative estimate of drug-likeness (QED) is 0.281.